The Bertz CT molecular complexity index is 562. The lowest BCUT2D eigenvalue weighted by Gasteiger charge is -2.35. The summed E-state index contributed by atoms with van der Waals surface area (Å²) in [7, 11) is 2.04. The molecule has 1 N–H and O–H groups in total. The predicted octanol–water partition coefficient (Wildman–Crippen LogP) is 5.09. The van der Waals surface area contributed by atoms with Crippen molar-refractivity contribution >= 4 is 23.2 Å². The summed E-state index contributed by atoms with van der Waals surface area (Å²) in [5.41, 5.74) is 2.91. The van der Waals surface area contributed by atoms with Crippen LogP contribution in [0.2, 0.25) is 0 Å². The molecule has 0 radical (unpaired) electrons. The molecule has 3 rings (SSSR count). The fourth-order valence-electron chi connectivity index (χ4n) is 3.52. The summed E-state index contributed by atoms with van der Waals surface area (Å²) in [5.74, 6) is 1.01. The summed E-state index contributed by atoms with van der Waals surface area (Å²) >= 11 is 12.3. The van der Waals surface area contributed by atoms with Crippen LogP contribution in [0, 0.1) is 5.92 Å². The number of halogens is 2. The van der Waals surface area contributed by atoms with Gasteiger partial charge in [-0.3, -0.25) is 0 Å². The minimum Gasteiger partial charge on any atom is -0.313 e. The van der Waals surface area contributed by atoms with Gasteiger partial charge in [0, 0.05) is 6.04 Å². The van der Waals surface area contributed by atoms with Gasteiger partial charge in [0.1, 0.15) is 0 Å². The first-order valence-electron chi connectivity index (χ1n) is 7.20. The van der Waals surface area contributed by atoms with Gasteiger partial charge in [0.05, 0.1) is 10.1 Å². The molecule has 3 heteroatoms. The van der Waals surface area contributed by atoms with E-state index in [1.807, 2.05) is 7.05 Å². The fourth-order valence-corrected chi connectivity index (χ4v) is 3.91. The Morgan fingerprint density at radius 2 is 1.80 bits per heavy atom. The van der Waals surface area contributed by atoms with Crippen LogP contribution in [-0.2, 0) is 0 Å². The molecule has 0 aromatic heterocycles. The number of hydrogen-bond donors (Lipinski definition) is 1. The molecule has 2 aliphatic carbocycles. The molecule has 0 heterocycles. The molecule has 20 heavy (non-hydrogen) atoms. The minimum absolute atomic E-state index is 0.462. The van der Waals surface area contributed by atoms with Crippen LogP contribution in [0.5, 0.6) is 0 Å². The van der Waals surface area contributed by atoms with Crippen molar-refractivity contribution in [3.63, 3.8) is 0 Å². The van der Waals surface area contributed by atoms with Gasteiger partial charge >= 0.3 is 0 Å². The summed E-state index contributed by atoms with van der Waals surface area (Å²) < 4.78 is 0. The Hall–Kier alpha value is -0.760. The van der Waals surface area contributed by atoms with Crippen molar-refractivity contribution in [2.24, 2.45) is 5.92 Å². The molecule has 2 aliphatic rings. The van der Waals surface area contributed by atoms with Crippen LogP contribution in [0.3, 0.4) is 0 Å². The molecule has 0 saturated carbocycles. The molecular weight excluding hydrogens is 289 g/mol. The van der Waals surface area contributed by atoms with Gasteiger partial charge in [-0.05, 0) is 49.3 Å². The number of rotatable bonds is 2. The van der Waals surface area contributed by atoms with Gasteiger partial charge in [0.2, 0.25) is 0 Å². The van der Waals surface area contributed by atoms with Crippen molar-refractivity contribution in [2.45, 2.75) is 31.2 Å². The van der Waals surface area contributed by atoms with E-state index in [9.17, 15) is 0 Å². The zero-order chi connectivity index (χ0) is 14.1. The Morgan fingerprint density at radius 1 is 1.05 bits per heavy atom. The summed E-state index contributed by atoms with van der Waals surface area (Å²) in [6.45, 7) is 0. The predicted molar refractivity (Wildman–Crippen MR) is 86.2 cm³/mol. The van der Waals surface area contributed by atoms with Crippen LogP contribution in [0.4, 0.5) is 0 Å². The second-order valence-electron chi connectivity index (χ2n) is 5.62. The number of benzene rings is 1. The normalized spacial score (nSPS) is 29.4. The van der Waals surface area contributed by atoms with Crippen molar-refractivity contribution in [3.05, 3.63) is 57.6 Å². The first kappa shape index (κ1) is 14.2. The van der Waals surface area contributed by atoms with E-state index >= 15 is 0 Å². The summed E-state index contributed by atoms with van der Waals surface area (Å²) in [5, 5.41) is 4.82. The van der Waals surface area contributed by atoms with Crippen LogP contribution in [0.1, 0.15) is 42.3 Å². The van der Waals surface area contributed by atoms with E-state index in [4.69, 9.17) is 23.2 Å². The van der Waals surface area contributed by atoms with Crippen molar-refractivity contribution in [1.29, 1.82) is 0 Å². The van der Waals surface area contributed by atoms with Gasteiger partial charge in [-0.1, -0.05) is 59.6 Å². The van der Waals surface area contributed by atoms with Gasteiger partial charge in [-0.25, -0.2) is 0 Å². The second-order valence-corrected chi connectivity index (χ2v) is 6.43. The fraction of sp³-hybridized carbons (Fsp3) is 0.412. The van der Waals surface area contributed by atoms with Crippen molar-refractivity contribution < 1.29 is 0 Å². The average molecular weight is 308 g/mol. The van der Waals surface area contributed by atoms with Gasteiger partial charge < -0.3 is 5.32 Å². The minimum atomic E-state index is 0.462. The van der Waals surface area contributed by atoms with Crippen LogP contribution in [0.15, 0.2) is 46.5 Å². The quantitative estimate of drug-likeness (QED) is 0.802. The van der Waals surface area contributed by atoms with E-state index in [0.29, 0.717) is 27.9 Å². The van der Waals surface area contributed by atoms with Gasteiger partial charge in [0.25, 0.3) is 0 Å². The van der Waals surface area contributed by atoms with Gasteiger partial charge in [-0.15, -0.1) is 0 Å². The van der Waals surface area contributed by atoms with E-state index in [-0.39, 0.29) is 0 Å². The third-order valence-electron chi connectivity index (χ3n) is 4.56. The number of allylic oxidation sites excluding steroid dienone is 4. The lowest BCUT2D eigenvalue weighted by Crippen LogP contribution is -2.26. The highest BCUT2D eigenvalue weighted by atomic mass is 35.5. The van der Waals surface area contributed by atoms with E-state index < -0.39 is 0 Å². The maximum atomic E-state index is 6.21. The number of hydrogen-bond acceptors (Lipinski definition) is 1. The molecule has 0 fully saturated rings. The molecule has 1 aromatic rings. The first-order chi connectivity index (χ1) is 9.70. The first-order valence-corrected chi connectivity index (χ1v) is 7.95. The lowest BCUT2D eigenvalue weighted by molar-refractivity contribution is 0.387. The second kappa shape index (κ2) is 5.93. The highest BCUT2D eigenvalue weighted by molar-refractivity contribution is 6.44. The maximum absolute atomic E-state index is 6.21. The molecule has 0 spiro atoms. The molecule has 0 bridgehead atoms. The van der Waals surface area contributed by atoms with Gasteiger partial charge in [-0.2, -0.15) is 0 Å². The Labute approximate surface area is 130 Å². The number of nitrogens with one attached hydrogen (secondary N) is 1. The van der Waals surface area contributed by atoms with Gasteiger partial charge in [0.15, 0.2) is 0 Å². The Kier molecular flexibility index (Phi) is 4.21. The van der Waals surface area contributed by atoms with Crippen LogP contribution < -0.4 is 5.32 Å². The molecular formula is C17H19Cl2N. The van der Waals surface area contributed by atoms with E-state index in [1.54, 1.807) is 0 Å². The Morgan fingerprint density at radius 3 is 2.50 bits per heavy atom. The van der Waals surface area contributed by atoms with E-state index in [1.165, 1.54) is 24.0 Å². The lowest BCUT2D eigenvalue weighted by atomic mass is 9.72. The monoisotopic (exact) mass is 307 g/mol. The molecule has 0 aliphatic heterocycles. The smallest absolute Gasteiger partial charge is 0.0552 e. The van der Waals surface area contributed by atoms with Crippen LogP contribution in [-0.4, -0.2) is 7.05 Å². The van der Waals surface area contributed by atoms with Crippen molar-refractivity contribution in [2.75, 3.05) is 7.05 Å². The van der Waals surface area contributed by atoms with Crippen LogP contribution in [0.25, 0.3) is 0 Å². The molecule has 3 atom stereocenters. The highest BCUT2D eigenvalue weighted by Crippen LogP contribution is 2.45. The van der Waals surface area contributed by atoms with E-state index in [2.05, 4.69) is 41.7 Å². The molecule has 0 saturated heterocycles. The molecule has 1 aromatic carbocycles. The zero-order valence-corrected chi connectivity index (χ0v) is 13.1. The molecule has 0 amide bonds. The maximum Gasteiger partial charge on any atom is 0.0552 e. The third kappa shape index (κ3) is 2.55. The highest BCUT2D eigenvalue weighted by Gasteiger charge is 2.31. The third-order valence-corrected chi connectivity index (χ3v) is 5.34. The standard InChI is InChI=1S/C17H19Cl2N/c1-20-17-9-7-12(13-4-2-3-5-14(13)17)11-6-8-15(18)16(19)10-11/h2-5,8,10-12,17,20H,6-7,9H2,1H3/t11?,12-,17-/m0/s1. The van der Waals surface area contributed by atoms with Crippen molar-refractivity contribution in [1.82, 2.24) is 5.32 Å². The van der Waals surface area contributed by atoms with Crippen molar-refractivity contribution in [3.8, 4) is 0 Å². The summed E-state index contributed by atoms with van der Waals surface area (Å²) in [6.07, 6.45) is 7.56. The molecule has 1 unspecified atom stereocenters. The summed E-state index contributed by atoms with van der Waals surface area (Å²) in [4.78, 5) is 0. The van der Waals surface area contributed by atoms with Crippen LogP contribution >= 0.6 is 23.2 Å². The van der Waals surface area contributed by atoms with E-state index in [0.717, 1.165) is 6.42 Å². The topological polar surface area (TPSA) is 12.0 Å². The molecule has 1 nitrogen and oxygen atoms in total. The Balaban J connectivity index is 1.93. The largest absolute Gasteiger partial charge is 0.313 e. The number of fused-ring (bicyclic) bond motifs is 1. The SMILES string of the molecule is CN[C@H]1CC[C@@H](C2C=C(Cl)C(Cl)=CC2)c2ccccc21. The summed E-state index contributed by atoms with van der Waals surface area (Å²) in [6, 6.07) is 9.27. The zero-order valence-electron chi connectivity index (χ0n) is 11.6. The average Bonchev–Trinajstić information content (AvgIpc) is 2.49. The molecule has 106 valence electrons.